The largest absolute Gasteiger partial charge is 0.309 e. The molecule has 4 atom stereocenters. The Hall–Kier alpha value is -19.3. The van der Waals surface area contributed by atoms with Gasteiger partial charge in [-0.05, 0) is 181 Å². The maximum absolute atomic E-state index is 5.77. The van der Waals surface area contributed by atoms with Crippen molar-refractivity contribution in [2.24, 2.45) is 0 Å². The van der Waals surface area contributed by atoms with E-state index in [0.29, 0.717) is 35.1 Å². The Morgan fingerprint density at radius 2 is 0.460 bits per heavy atom. The van der Waals surface area contributed by atoms with Crippen molar-refractivity contribution in [1.82, 2.24) is 43.6 Å². The molecule has 0 fully saturated rings. The Balaban J connectivity index is 0.000000132. The molecule has 0 bridgehead atoms. The predicted octanol–water partition coefficient (Wildman–Crippen LogP) is 34.0. The summed E-state index contributed by atoms with van der Waals surface area (Å²) in [5.74, 6) is 3.76. The van der Waals surface area contributed by atoms with Crippen LogP contribution in [0.25, 0.3) is 236 Å². The van der Waals surface area contributed by atoms with E-state index in [1.165, 1.54) is 186 Å². The van der Waals surface area contributed by atoms with Gasteiger partial charge in [0.15, 0.2) is 29.1 Å². The topological polar surface area (TPSA) is 92.1 Å². The quantitative estimate of drug-likeness (QED) is 0.143. The Labute approximate surface area is 864 Å². The number of nitrogens with zero attached hydrogens (tertiary/aromatic N) is 9. The molecule has 23 aromatic carbocycles. The highest BCUT2D eigenvalue weighted by molar-refractivity contribution is 7.26. The SMILES string of the molecule is c1ccc(-c2nc(-c3ccc4c5c(cccc35)C35c6ccccc6-c6ccccc6C43c3ccc(-c4cccc6c4sc4ccccc46)c4cccc5c34)nc(-n3c4ccccc4c4ccc5c6ccccc6n(-c6ccccc6)c5c43)n2)cc1.c1ccc(-c2nc(-c3ccccc3)nc(-c3ccc4c5c(cccc35)C35c6ccccc6-c6ccccc6C43c3ccc(-n4c6ccccc6c6ccccc64)c4cccc5c34)n2)cc1. The van der Waals surface area contributed by atoms with Crippen molar-refractivity contribution in [1.29, 1.82) is 0 Å². The summed E-state index contributed by atoms with van der Waals surface area (Å²) >= 11 is 1.90. The first-order chi connectivity index (χ1) is 74.5. The minimum atomic E-state index is -0.631. The second-order valence-electron chi connectivity index (χ2n) is 40.9. The maximum Gasteiger partial charge on any atom is 0.238 e. The number of benzene rings is 23. The van der Waals surface area contributed by atoms with Crippen LogP contribution in [0.3, 0.4) is 0 Å². The summed E-state index contributed by atoms with van der Waals surface area (Å²) in [6.07, 6.45) is 0. The zero-order valence-electron chi connectivity index (χ0n) is 80.7. The number of para-hydroxylation sites is 5. The lowest BCUT2D eigenvalue weighted by Crippen LogP contribution is -2.48. The van der Waals surface area contributed by atoms with Gasteiger partial charge in [-0.2, -0.15) is 9.97 Å². The third kappa shape index (κ3) is 10.2. The van der Waals surface area contributed by atoms with E-state index in [1.54, 1.807) is 0 Å². The van der Waals surface area contributed by atoms with Gasteiger partial charge >= 0.3 is 0 Å². The lowest BCUT2D eigenvalue weighted by atomic mass is 9.50. The van der Waals surface area contributed by atoms with Crippen molar-refractivity contribution >= 4 is 140 Å². The van der Waals surface area contributed by atoms with Crippen LogP contribution >= 0.6 is 11.3 Å². The first-order valence-electron chi connectivity index (χ1n) is 51.7. The predicted molar refractivity (Wildman–Crippen MR) is 614 cm³/mol. The van der Waals surface area contributed by atoms with Crippen LogP contribution < -0.4 is 0 Å². The fraction of sp³-hybridized carbons (Fsp3) is 0.0286. The van der Waals surface area contributed by atoms with Crippen molar-refractivity contribution in [3.63, 3.8) is 0 Å². The van der Waals surface area contributed by atoms with Crippen molar-refractivity contribution < 1.29 is 0 Å². The molecular weight excluding hydrogens is 1840 g/mol. The lowest BCUT2D eigenvalue weighted by molar-refractivity contribution is 0.461. The Kier molecular flexibility index (Phi) is 16.5. The molecule has 4 unspecified atom stereocenters. The molecule has 692 valence electrons. The number of hydrogen-bond donors (Lipinski definition) is 0. The standard InChI is InChI=1S/C79H45N5S.C61H36N4/c1-3-20-46(21-4-1)75-80-76(82-77(81-75)84-68-38-15-10-27-52(68)57-41-40-56-51-26-9-14-37-67(51)83(72(56)73(57)84)47-22-5-2-6-23-47)60-43-45-66-71-55(60)30-19-36-64(71)78-61-33-12-7-24-49(61)50-25-8-13-34-62(50)79(66,78)65-44-42-48(54-29-18-35-63(78)70(54)65)58-31-17-32-59-53-28-11-16-39-69(53)85-74(58)59;1-3-17-37(18-4-1)57-62-58(38-19-5-2-6-20-38)64-59(63-57)44-33-34-50-55-43(44)25-15-29-48(55)60-46-27-11-7-21-39(46)40-22-8-12-28-47(40)61(50,60)51-35-36-54(45-26-16-30-49(60)56(45)51)65-52-31-13-9-23-41(52)42-24-10-14-32-53(42)65/h1-45H;1-36H. The van der Waals surface area contributed by atoms with Crippen LogP contribution in [0, 0.1) is 0 Å². The van der Waals surface area contributed by atoms with E-state index >= 15 is 0 Å². The maximum atomic E-state index is 5.77. The highest BCUT2D eigenvalue weighted by Gasteiger charge is 2.71. The minimum absolute atomic E-state index is 0.559. The summed E-state index contributed by atoms with van der Waals surface area (Å²) in [6, 6.07) is 182. The fourth-order valence-corrected chi connectivity index (χ4v) is 30.4. The van der Waals surface area contributed by atoms with Crippen molar-refractivity contribution in [2.45, 2.75) is 21.7 Å². The van der Waals surface area contributed by atoms with Gasteiger partial charge in [-0.25, -0.2) is 19.9 Å². The zero-order chi connectivity index (χ0) is 97.7. The van der Waals surface area contributed by atoms with Crippen LogP contribution in [-0.2, 0) is 21.7 Å². The monoisotopic (exact) mass is 1920 g/mol. The molecule has 6 aliphatic carbocycles. The Morgan fingerprint density at radius 3 is 0.927 bits per heavy atom. The smallest absolute Gasteiger partial charge is 0.238 e. The summed E-state index contributed by atoms with van der Waals surface area (Å²) in [5, 5.41) is 19.8. The second kappa shape index (κ2) is 30.2. The van der Waals surface area contributed by atoms with Crippen molar-refractivity contribution in [3.8, 4) is 108 Å². The van der Waals surface area contributed by atoms with E-state index in [0.717, 1.165) is 82.5 Å². The molecule has 0 N–H and O–H groups in total. The number of rotatable bonds is 9. The van der Waals surface area contributed by atoms with Crippen LogP contribution in [0.1, 0.15) is 66.8 Å². The summed E-state index contributed by atoms with van der Waals surface area (Å²) < 4.78 is 9.86. The van der Waals surface area contributed by atoms with E-state index in [9.17, 15) is 0 Å². The minimum Gasteiger partial charge on any atom is -0.309 e. The third-order valence-corrected chi connectivity index (χ3v) is 35.7. The fourth-order valence-electron chi connectivity index (χ4n) is 29.2. The van der Waals surface area contributed by atoms with E-state index in [4.69, 9.17) is 29.9 Å². The van der Waals surface area contributed by atoms with Crippen LogP contribution in [0.5, 0.6) is 0 Å². The normalized spacial score (nSPS) is 16.8. The molecule has 6 aliphatic rings. The molecule has 150 heavy (non-hydrogen) atoms. The third-order valence-electron chi connectivity index (χ3n) is 34.4. The molecule has 9 nitrogen and oxygen atoms in total. The van der Waals surface area contributed by atoms with Crippen LogP contribution in [0.4, 0.5) is 0 Å². The number of thiophene rings is 1. The number of aromatic nitrogens is 9. The molecule has 0 radical (unpaired) electrons. The molecule has 0 spiro atoms. The number of hydrogen-bond acceptors (Lipinski definition) is 7. The van der Waals surface area contributed by atoms with Gasteiger partial charge in [-0.3, -0.25) is 4.57 Å². The molecule has 0 amide bonds. The molecule has 0 saturated heterocycles. The molecule has 0 aliphatic heterocycles. The van der Waals surface area contributed by atoms with Gasteiger partial charge in [0.2, 0.25) is 5.95 Å². The highest BCUT2D eigenvalue weighted by Crippen LogP contribution is 2.78. The Morgan fingerprint density at radius 1 is 0.167 bits per heavy atom. The first-order valence-corrected chi connectivity index (χ1v) is 52.5. The van der Waals surface area contributed by atoms with Gasteiger partial charge in [-0.1, -0.05) is 443 Å². The Bertz CT molecular complexity index is 10800. The summed E-state index contributed by atoms with van der Waals surface area (Å²) in [6.45, 7) is 0. The zero-order valence-corrected chi connectivity index (χ0v) is 81.5. The first kappa shape index (κ1) is 82.1. The average molecular weight is 1920 g/mol. The summed E-state index contributed by atoms with van der Waals surface area (Å²) in [7, 11) is 0. The van der Waals surface area contributed by atoms with E-state index in [-0.39, 0.29) is 0 Å². The van der Waals surface area contributed by atoms with Gasteiger partial charge < -0.3 is 9.13 Å². The van der Waals surface area contributed by atoms with Crippen LogP contribution in [-0.4, -0.2) is 43.6 Å². The van der Waals surface area contributed by atoms with E-state index in [2.05, 4.69) is 469 Å². The lowest BCUT2D eigenvalue weighted by Gasteiger charge is -2.50. The van der Waals surface area contributed by atoms with E-state index in [1.807, 2.05) is 47.7 Å². The molecule has 29 aromatic rings. The summed E-state index contributed by atoms with van der Waals surface area (Å²) in [5.41, 5.74) is 35.0. The van der Waals surface area contributed by atoms with Gasteiger partial charge in [0.05, 0.1) is 60.4 Å². The summed E-state index contributed by atoms with van der Waals surface area (Å²) in [4.78, 5) is 32.5. The van der Waals surface area contributed by atoms with Crippen LogP contribution in [0.2, 0.25) is 0 Å². The number of fused-ring (bicyclic) bond motifs is 19. The molecule has 6 aromatic heterocycles. The van der Waals surface area contributed by atoms with E-state index < -0.39 is 21.7 Å². The van der Waals surface area contributed by atoms with Crippen molar-refractivity contribution in [2.75, 3.05) is 0 Å². The highest BCUT2D eigenvalue weighted by atomic mass is 32.1. The van der Waals surface area contributed by atoms with Gasteiger partial charge in [0, 0.05) is 96.9 Å². The molecule has 10 heteroatoms. The molecule has 6 heterocycles. The van der Waals surface area contributed by atoms with Gasteiger partial charge in [0.1, 0.15) is 0 Å². The second-order valence-corrected chi connectivity index (χ2v) is 42.0. The molecule has 35 rings (SSSR count). The van der Waals surface area contributed by atoms with Gasteiger partial charge in [0.25, 0.3) is 0 Å². The average Bonchev–Trinajstić information content (AvgIpc) is 1.45. The molecular formula is C140H81N9S. The van der Waals surface area contributed by atoms with Crippen LogP contribution in [0.15, 0.2) is 491 Å². The van der Waals surface area contributed by atoms with Gasteiger partial charge in [-0.15, -0.1) is 11.3 Å². The van der Waals surface area contributed by atoms with Crippen molar-refractivity contribution in [3.05, 3.63) is 558 Å². The molecule has 0 saturated carbocycles.